The number of aliphatic imine (C=N–C) groups is 1. The van der Waals surface area contributed by atoms with Crippen LogP contribution >= 0.6 is 24.0 Å². The summed E-state index contributed by atoms with van der Waals surface area (Å²) in [6, 6.07) is 8.63. The minimum Gasteiger partial charge on any atom is -0.381 e. The first-order chi connectivity index (χ1) is 13.7. The normalized spacial score (nSPS) is 19.6. The van der Waals surface area contributed by atoms with Crippen molar-refractivity contribution in [2.75, 3.05) is 26.8 Å². The number of hydrogen-bond donors (Lipinski definition) is 2. The molecule has 1 aliphatic heterocycles. The fourth-order valence-corrected chi connectivity index (χ4v) is 4.34. The van der Waals surface area contributed by atoms with Gasteiger partial charge in [-0.15, -0.1) is 24.0 Å². The molecule has 1 aromatic carbocycles. The summed E-state index contributed by atoms with van der Waals surface area (Å²) in [6.45, 7) is 6.41. The Labute approximate surface area is 193 Å². The second-order valence-electron chi connectivity index (χ2n) is 8.28. The van der Waals surface area contributed by atoms with E-state index >= 15 is 0 Å². The van der Waals surface area contributed by atoms with Gasteiger partial charge in [0.05, 0.1) is 12.7 Å². The lowest BCUT2D eigenvalue weighted by atomic mass is 9.83. The van der Waals surface area contributed by atoms with E-state index in [-0.39, 0.29) is 24.0 Å². The van der Waals surface area contributed by atoms with Crippen LogP contribution in [0.4, 0.5) is 0 Å². The van der Waals surface area contributed by atoms with Gasteiger partial charge >= 0.3 is 0 Å². The molecule has 1 heterocycles. The lowest BCUT2D eigenvalue weighted by Gasteiger charge is -2.28. The van der Waals surface area contributed by atoms with Crippen molar-refractivity contribution in [3.05, 3.63) is 35.4 Å². The zero-order valence-electron chi connectivity index (χ0n) is 18.0. The Morgan fingerprint density at radius 2 is 1.90 bits per heavy atom. The van der Waals surface area contributed by atoms with Crippen molar-refractivity contribution in [3.8, 4) is 0 Å². The van der Waals surface area contributed by atoms with E-state index < -0.39 is 0 Å². The quantitative estimate of drug-likeness (QED) is 0.301. The fraction of sp³-hybridized carbons (Fsp3) is 0.696. The van der Waals surface area contributed by atoms with Crippen LogP contribution in [0.25, 0.3) is 0 Å². The van der Waals surface area contributed by atoms with Gasteiger partial charge in [0.1, 0.15) is 0 Å². The van der Waals surface area contributed by atoms with E-state index in [0.29, 0.717) is 18.1 Å². The van der Waals surface area contributed by atoms with Gasteiger partial charge in [-0.05, 0) is 48.6 Å². The van der Waals surface area contributed by atoms with Gasteiger partial charge in [-0.1, -0.05) is 44.0 Å². The van der Waals surface area contributed by atoms with Crippen LogP contribution in [-0.2, 0) is 22.6 Å². The highest BCUT2D eigenvalue weighted by atomic mass is 127. The first-order valence-corrected chi connectivity index (χ1v) is 10.9. The SMILES string of the molecule is CCC1(CNC(=NC)NCc2cccc(COC3CCOCC3)c2)CCCC1.I. The molecule has 0 aromatic heterocycles. The second-order valence-corrected chi connectivity index (χ2v) is 8.28. The number of guanidine groups is 1. The summed E-state index contributed by atoms with van der Waals surface area (Å²) < 4.78 is 11.4. The number of nitrogens with one attached hydrogen (secondary N) is 2. The first kappa shape index (κ1) is 24.4. The van der Waals surface area contributed by atoms with Crippen LogP contribution in [0.5, 0.6) is 0 Å². The van der Waals surface area contributed by atoms with E-state index in [9.17, 15) is 0 Å². The van der Waals surface area contributed by atoms with Gasteiger partial charge in [-0.25, -0.2) is 0 Å². The molecular weight excluding hydrogens is 477 g/mol. The fourth-order valence-electron chi connectivity index (χ4n) is 4.34. The minimum absolute atomic E-state index is 0. The molecule has 2 N–H and O–H groups in total. The van der Waals surface area contributed by atoms with E-state index in [4.69, 9.17) is 9.47 Å². The largest absolute Gasteiger partial charge is 0.381 e. The van der Waals surface area contributed by atoms with E-state index in [1.165, 1.54) is 43.2 Å². The summed E-state index contributed by atoms with van der Waals surface area (Å²) in [4.78, 5) is 4.41. The van der Waals surface area contributed by atoms with Crippen molar-refractivity contribution < 1.29 is 9.47 Å². The predicted molar refractivity (Wildman–Crippen MR) is 130 cm³/mol. The van der Waals surface area contributed by atoms with Gasteiger partial charge in [0, 0.05) is 33.4 Å². The zero-order valence-corrected chi connectivity index (χ0v) is 20.4. The van der Waals surface area contributed by atoms with E-state index in [1.807, 2.05) is 7.05 Å². The Kier molecular flexibility index (Phi) is 10.7. The van der Waals surface area contributed by atoms with E-state index in [0.717, 1.165) is 45.1 Å². The van der Waals surface area contributed by atoms with Crippen molar-refractivity contribution in [2.24, 2.45) is 10.4 Å². The van der Waals surface area contributed by atoms with E-state index in [1.54, 1.807) is 0 Å². The summed E-state index contributed by atoms with van der Waals surface area (Å²) >= 11 is 0. The van der Waals surface area contributed by atoms with Crippen LogP contribution in [0.3, 0.4) is 0 Å². The molecule has 1 saturated heterocycles. The molecule has 1 aliphatic carbocycles. The number of nitrogens with zero attached hydrogens (tertiary/aromatic N) is 1. The van der Waals surface area contributed by atoms with Crippen LogP contribution in [0.1, 0.15) is 63.0 Å². The third-order valence-corrected chi connectivity index (χ3v) is 6.37. The van der Waals surface area contributed by atoms with Crippen LogP contribution in [0, 0.1) is 5.41 Å². The molecule has 0 amide bonds. The molecule has 5 nitrogen and oxygen atoms in total. The van der Waals surface area contributed by atoms with Crippen molar-refractivity contribution in [3.63, 3.8) is 0 Å². The highest BCUT2D eigenvalue weighted by Crippen LogP contribution is 2.40. The number of hydrogen-bond acceptors (Lipinski definition) is 3. The Morgan fingerprint density at radius 3 is 2.59 bits per heavy atom. The van der Waals surface area contributed by atoms with Crippen LogP contribution in [0.15, 0.2) is 29.3 Å². The lowest BCUT2D eigenvalue weighted by Crippen LogP contribution is -2.42. The molecule has 0 unspecified atom stereocenters. The van der Waals surface area contributed by atoms with Crippen molar-refractivity contribution in [1.82, 2.24) is 10.6 Å². The highest BCUT2D eigenvalue weighted by molar-refractivity contribution is 14.0. The molecule has 0 spiro atoms. The van der Waals surface area contributed by atoms with Crippen molar-refractivity contribution in [2.45, 2.75) is 71.1 Å². The van der Waals surface area contributed by atoms with Gasteiger partial charge in [-0.2, -0.15) is 0 Å². The van der Waals surface area contributed by atoms with Crippen LogP contribution < -0.4 is 10.6 Å². The standard InChI is InChI=1S/C23H37N3O2.HI/c1-3-23(11-4-5-12-23)18-26-22(24-2)25-16-19-7-6-8-20(15-19)17-28-21-9-13-27-14-10-21;/h6-8,15,21H,3-5,9-14,16-18H2,1-2H3,(H2,24,25,26);1H. The molecule has 3 rings (SSSR count). The summed E-state index contributed by atoms with van der Waals surface area (Å²) in [5.74, 6) is 0.892. The maximum Gasteiger partial charge on any atom is 0.191 e. The number of ether oxygens (including phenoxy) is 2. The number of rotatable bonds is 8. The number of benzene rings is 1. The lowest BCUT2D eigenvalue weighted by molar-refractivity contribution is -0.0390. The van der Waals surface area contributed by atoms with Gasteiger partial charge in [0.15, 0.2) is 5.96 Å². The molecule has 164 valence electrons. The first-order valence-electron chi connectivity index (χ1n) is 10.9. The Morgan fingerprint density at radius 1 is 1.17 bits per heavy atom. The molecule has 1 aromatic rings. The summed E-state index contributed by atoms with van der Waals surface area (Å²) in [5, 5.41) is 7.02. The highest BCUT2D eigenvalue weighted by Gasteiger charge is 2.31. The molecule has 2 aliphatic rings. The maximum absolute atomic E-state index is 6.05. The van der Waals surface area contributed by atoms with E-state index in [2.05, 4.69) is 46.8 Å². The third kappa shape index (κ3) is 7.72. The molecule has 29 heavy (non-hydrogen) atoms. The average Bonchev–Trinajstić information content (AvgIpc) is 3.23. The van der Waals surface area contributed by atoms with Crippen molar-refractivity contribution in [1.29, 1.82) is 0 Å². The summed E-state index contributed by atoms with van der Waals surface area (Å²) in [6.07, 6.45) is 8.98. The van der Waals surface area contributed by atoms with Crippen LogP contribution in [-0.4, -0.2) is 38.9 Å². The Bertz CT molecular complexity index is 626. The minimum atomic E-state index is 0. The van der Waals surface area contributed by atoms with Gasteiger partial charge in [0.25, 0.3) is 0 Å². The van der Waals surface area contributed by atoms with Crippen molar-refractivity contribution >= 4 is 29.9 Å². The van der Waals surface area contributed by atoms with Gasteiger partial charge in [-0.3, -0.25) is 4.99 Å². The molecule has 0 atom stereocenters. The zero-order chi connectivity index (χ0) is 19.7. The predicted octanol–water partition coefficient (Wildman–Crippen LogP) is 4.64. The van der Waals surface area contributed by atoms with Crippen LogP contribution in [0.2, 0.25) is 0 Å². The monoisotopic (exact) mass is 515 g/mol. The summed E-state index contributed by atoms with van der Waals surface area (Å²) in [5.41, 5.74) is 2.94. The van der Waals surface area contributed by atoms with Gasteiger partial charge < -0.3 is 20.1 Å². The molecule has 6 heteroatoms. The maximum atomic E-state index is 6.05. The summed E-state index contributed by atoms with van der Waals surface area (Å²) in [7, 11) is 1.85. The molecule has 0 radical (unpaired) electrons. The smallest absolute Gasteiger partial charge is 0.191 e. The van der Waals surface area contributed by atoms with Gasteiger partial charge in [0.2, 0.25) is 0 Å². The second kappa shape index (κ2) is 12.7. The Hall–Kier alpha value is -0.860. The number of halogens is 1. The molecule has 2 fully saturated rings. The molecule has 1 saturated carbocycles. The topological polar surface area (TPSA) is 54.9 Å². The third-order valence-electron chi connectivity index (χ3n) is 6.37. The average molecular weight is 515 g/mol. The molecule has 0 bridgehead atoms. The molecular formula is C23H38IN3O2. The Balaban J connectivity index is 0.00000300.